The molecule has 1 aromatic carbocycles. The normalized spacial score (nSPS) is 17.8. The molecule has 1 amide bonds. The topological polar surface area (TPSA) is 71.3 Å². The minimum absolute atomic E-state index is 0.126. The Labute approximate surface area is 139 Å². The van der Waals surface area contributed by atoms with Crippen molar-refractivity contribution in [2.45, 2.75) is 18.8 Å². The molecule has 2 aromatic heterocycles. The van der Waals surface area contributed by atoms with E-state index in [-0.39, 0.29) is 5.91 Å². The Morgan fingerprint density at radius 1 is 1.33 bits per heavy atom. The SMILES string of the molecule is O=C(Nc1cnc2cnccn12)c1cccc(C2CCCNC2)c1. The molecule has 0 radical (unpaired) electrons. The Hall–Kier alpha value is -2.73. The predicted octanol–water partition coefficient (Wildman–Crippen LogP) is 2.45. The molecule has 1 aliphatic heterocycles. The van der Waals surface area contributed by atoms with E-state index in [2.05, 4.69) is 26.7 Å². The van der Waals surface area contributed by atoms with E-state index in [0.717, 1.165) is 13.1 Å². The van der Waals surface area contributed by atoms with Crippen molar-refractivity contribution in [1.82, 2.24) is 19.7 Å². The van der Waals surface area contributed by atoms with Gasteiger partial charge in [-0.15, -0.1) is 0 Å². The van der Waals surface area contributed by atoms with Crippen LogP contribution in [0.4, 0.5) is 5.82 Å². The van der Waals surface area contributed by atoms with Crippen molar-refractivity contribution < 1.29 is 4.79 Å². The molecule has 0 aliphatic carbocycles. The molecule has 4 rings (SSSR count). The Bertz CT molecular complexity index is 866. The molecule has 24 heavy (non-hydrogen) atoms. The van der Waals surface area contributed by atoms with Crippen LogP contribution in [0, 0.1) is 0 Å². The highest BCUT2D eigenvalue weighted by Gasteiger charge is 2.17. The molecule has 0 spiro atoms. The summed E-state index contributed by atoms with van der Waals surface area (Å²) in [5, 5.41) is 6.35. The standard InChI is InChI=1S/C18H19N5O/c24-18(22-17-12-21-16-11-20-7-8-23(16)17)14-4-1-3-13(9-14)15-5-2-6-19-10-15/h1,3-4,7-9,11-12,15,19H,2,5-6,10H2,(H,22,24). The number of nitrogens with one attached hydrogen (secondary N) is 2. The molecule has 6 heteroatoms. The van der Waals surface area contributed by atoms with E-state index in [4.69, 9.17) is 0 Å². The molecular formula is C18H19N5O. The van der Waals surface area contributed by atoms with Crippen LogP contribution in [-0.4, -0.2) is 33.4 Å². The van der Waals surface area contributed by atoms with Crippen LogP contribution >= 0.6 is 0 Å². The van der Waals surface area contributed by atoms with Crippen LogP contribution in [0.3, 0.4) is 0 Å². The predicted molar refractivity (Wildman–Crippen MR) is 92.2 cm³/mol. The second-order valence-corrected chi connectivity index (χ2v) is 6.07. The Morgan fingerprint density at radius 2 is 2.29 bits per heavy atom. The lowest BCUT2D eigenvalue weighted by Crippen LogP contribution is -2.28. The third-order valence-corrected chi connectivity index (χ3v) is 4.48. The second kappa shape index (κ2) is 6.41. The van der Waals surface area contributed by atoms with E-state index in [1.54, 1.807) is 29.2 Å². The van der Waals surface area contributed by atoms with Gasteiger partial charge < -0.3 is 10.6 Å². The number of rotatable bonds is 3. The fourth-order valence-electron chi connectivity index (χ4n) is 3.19. The summed E-state index contributed by atoms with van der Waals surface area (Å²) in [6.07, 6.45) is 9.09. The fourth-order valence-corrected chi connectivity index (χ4v) is 3.19. The van der Waals surface area contributed by atoms with Gasteiger partial charge in [0.05, 0.1) is 12.4 Å². The molecule has 1 aliphatic rings. The minimum Gasteiger partial charge on any atom is -0.316 e. The molecule has 1 unspecified atom stereocenters. The number of fused-ring (bicyclic) bond motifs is 1. The van der Waals surface area contributed by atoms with Gasteiger partial charge >= 0.3 is 0 Å². The van der Waals surface area contributed by atoms with Crippen LogP contribution in [0.2, 0.25) is 0 Å². The van der Waals surface area contributed by atoms with E-state index in [0.29, 0.717) is 22.9 Å². The van der Waals surface area contributed by atoms with Crippen LogP contribution in [0.15, 0.2) is 49.1 Å². The van der Waals surface area contributed by atoms with Gasteiger partial charge in [0.25, 0.3) is 5.91 Å². The molecule has 1 saturated heterocycles. The maximum Gasteiger partial charge on any atom is 0.256 e. The lowest BCUT2D eigenvalue weighted by Gasteiger charge is -2.23. The van der Waals surface area contributed by atoms with Gasteiger partial charge in [-0.3, -0.25) is 14.2 Å². The van der Waals surface area contributed by atoms with E-state index >= 15 is 0 Å². The molecule has 3 heterocycles. The number of imidazole rings is 1. The zero-order valence-electron chi connectivity index (χ0n) is 13.3. The number of nitrogens with zero attached hydrogens (tertiary/aromatic N) is 3. The number of amides is 1. The third-order valence-electron chi connectivity index (χ3n) is 4.48. The van der Waals surface area contributed by atoms with Crippen LogP contribution < -0.4 is 10.6 Å². The average molecular weight is 321 g/mol. The molecule has 6 nitrogen and oxygen atoms in total. The maximum atomic E-state index is 12.6. The van der Waals surface area contributed by atoms with Gasteiger partial charge in [0.1, 0.15) is 5.82 Å². The summed E-state index contributed by atoms with van der Waals surface area (Å²) in [4.78, 5) is 20.9. The quantitative estimate of drug-likeness (QED) is 0.777. The molecule has 3 aromatic rings. The van der Waals surface area contributed by atoms with E-state index in [9.17, 15) is 4.79 Å². The van der Waals surface area contributed by atoms with Crippen LogP contribution in [0.1, 0.15) is 34.7 Å². The van der Waals surface area contributed by atoms with Crippen molar-refractivity contribution in [2.24, 2.45) is 0 Å². The number of carbonyl (C=O) groups is 1. The van der Waals surface area contributed by atoms with Gasteiger partial charge in [-0.05, 0) is 43.0 Å². The highest BCUT2D eigenvalue weighted by Crippen LogP contribution is 2.24. The zero-order valence-corrected chi connectivity index (χ0v) is 13.3. The van der Waals surface area contributed by atoms with Crippen molar-refractivity contribution >= 4 is 17.4 Å². The zero-order chi connectivity index (χ0) is 16.4. The summed E-state index contributed by atoms with van der Waals surface area (Å²) in [5.41, 5.74) is 2.59. The van der Waals surface area contributed by atoms with Gasteiger partial charge in [-0.2, -0.15) is 0 Å². The third kappa shape index (κ3) is 2.88. The summed E-state index contributed by atoms with van der Waals surface area (Å²) in [7, 11) is 0. The summed E-state index contributed by atoms with van der Waals surface area (Å²) in [5.74, 6) is 0.995. The first-order valence-electron chi connectivity index (χ1n) is 8.20. The Morgan fingerprint density at radius 3 is 3.17 bits per heavy atom. The fraction of sp³-hybridized carbons (Fsp3) is 0.278. The van der Waals surface area contributed by atoms with Crippen molar-refractivity contribution in [3.8, 4) is 0 Å². The first-order chi connectivity index (χ1) is 11.8. The van der Waals surface area contributed by atoms with E-state index in [1.165, 1.54) is 18.4 Å². The molecule has 1 fully saturated rings. The van der Waals surface area contributed by atoms with Gasteiger partial charge in [0, 0.05) is 24.5 Å². The number of hydrogen-bond donors (Lipinski definition) is 2. The summed E-state index contributed by atoms with van der Waals surface area (Å²) in [6.45, 7) is 2.06. The van der Waals surface area contributed by atoms with Gasteiger partial charge in [0.2, 0.25) is 0 Å². The molecule has 1 atom stereocenters. The summed E-state index contributed by atoms with van der Waals surface area (Å²) >= 11 is 0. The first-order valence-corrected chi connectivity index (χ1v) is 8.20. The lowest BCUT2D eigenvalue weighted by molar-refractivity contribution is 0.102. The molecule has 0 saturated carbocycles. The number of hydrogen-bond acceptors (Lipinski definition) is 4. The summed E-state index contributed by atoms with van der Waals surface area (Å²) < 4.78 is 1.81. The average Bonchev–Trinajstić information content (AvgIpc) is 3.06. The maximum absolute atomic E-state index is 12.6. The minimum atomic E-state index is -0.126. The number of piperidine rings is 1. The van der Waals surface area contributed by atoms with Gasteiger partial charge in [-0.1, -0.05) is 12.1 Å². The van der Waals surface area contributed by atoms with Crippen molar-refractivity contribution in [3.63, 3.8) is 0 Å². The van der Waals surface area contributed by atoms with Gasteiger partial charge in [-0.25, -0.2) is 4.98 Å². The number of anilines is 1. The van der Waals surface area contributed by atoms with Gasteiger partial charge in [0.15, 0.2) is 5.65 Å². The lowest BCUT2D eigenvalue weighted by atomic mass is 9.90. The second-order valence-electron chi connectivity index (χ2n) is 6.07. The molecule has 122 valence electrons. The Kier molecular flexibility index (Phi) is 3.96. The van der Waals surface area contributed by atoms with Crippen molar-refractivity contribution in [3.05, 3.63) is 60.2 Å². The molecule has 0 bridgehead atoms. The first kappa shape index (κ1) is 14.8. The summed E-state index contributed by atoms with van der Waals surface area (Å²) in [6, 6.07) is 7.91. The van der Waals surface area contributed by atoms with Crippen molar-refractivity contribution in [1.29, 1.82) is 0 Å². The monoisotopic (exact) mass is 321 g/mol. The smallest absolute Gasteiger partial charge is 0.256 e. The highest BCUT2D eigenvalue weighted by atomic mass is 16.1. The number of aromatic nitrogens is 3. The number of carbonyl (C=O) groups excluding carboxylic acids is 1. The van der Waals surface area contributed by atoms with Crippen molar-refractivity contribution in [2.75, 3.05) is 18.4 Å². The number of benzene rings is 1. The van der Waals surface area contributed by atoms with Crippen LogP contribution in [0.25, 0.3) is 5.65 Å². The molecular weight excluding hydrogens is 302 g/mol. The Balaban J connectivity index is 1.56. The largest absolute Gasteiger partial charge is 0.316 e. The van der Waals surface area contributed by atoms with Crippen LogP contribution in [-0.2, 0) is 0 Å². The molecule has 2 N–H and O–H groups in total. The highest BCUT2D eigenvalue weighted by molar-refractivity contribution is 6.04. The van der Waals surface area contributed by atoms with E-state index in [1.807, 2.05) is 18.2 Å². The van der Waals surface area contributed by atoms with E-state index < -0.39 is 0 Å². The van der Waals surface area contributed by atoms with Crippen LogP contribution in [0.5, 0.6) is 0 Å².